The fourth-order valence-corrected chi connectivity index (χ4v) is 3.18. The molecule has 0 aromatic rings. The molecular formula is C12H25NS. The second-order valence-corrected chi connectivity index (χ2v) is 5.48. The van der Waals surface area contributed by atoms with Gasteiger partial charge in [0, 0.05) is 0 Å². The van der Waals surface area contributed by atoms with E-state index in [4.69, 9.17) is 0 Å². The van der Waals surface area contributed by atoms with Gasteiger partial charge in [0.05, 0.1) is 0 Å². The first-order valence-corrected chi connectivity index (χ1v) is 7.41. The molecule has 0 aliphatic heterocycles. The molecule has 0 spiro atoms. The van der Waals surface area contributed by atoms with Crippen LogP contribution >= 0.6 is 11.8 Å². The number of hydrogen-bond acceptors (Lipinski definition) is 2. The Kier molecular flexibility index (Phi) is 6.70. The van der Waals surface area contributed by atoms with Gasteiger partial charge in [0.25, 0.3) is 0 Å². The molecule has 1 aliphatic carbocycles. The van der Waals surface area contributed by atoms with E-state index in [1.807, 2.05) is 11.8 Å². The van der Waals surface area contributed by atoms with Crippen molar-refractivity contribution in [1.29, 1.82) is 0 Å². The Hall–Kier alpha value is 0.310. The van der Waals surface area contributed by atoms with Gasteiger partial charge in [-0.25, -0.2) is 0 Å². The van der Waals surface area contributed by atoms with Crippen molar-refractivity contribution in [1.82, 2.24) is 5.32 Å². The lowest BCUT2D eigenvalue weighted by Crippen LogP contribution is -2.25. The molecule has 1 nitrogen and oxygen atoms in total. The molecule has 1 fully saturated rings. The van der Waals surface area contributed by atoms with Gasteiger partial charge < -0.3 is 5.32 Å². The maximum atomic E-state index is 3.36. The zero-order chi connectivity index (χ0) is 10.2. The predicted octanol–water partition coefficient (Wildman–Crippen LogP) is 3.16. The van der Waals surface area contributed by atoms with E-state index in [-0.39, 0.29) is 0 Å². The van der Waals surface area contributed by atoms with Crippen LogP contribution in [0.25, 0.3) is 0 Å². The Morgan fingerprint density at radius 2 is 1.86 bits per heavy atom. The highest BCUT2D eigenvalue weighted by atomic mass is 32.2. The van der Waals surface area contributed by atoms with E-state index in [0.29, 0.717) is 0 Å². The summed E-state index contributed by atoms with van der Waals surface area (Å²) in [5.74, 6) is 3.30. The fraction of sp³-hybridized carbons (Fsp3) is 1.00. The summed E-state index contributed by atoms with van der Waals surface area (Å²) in [6, 6.07) is 0. The summed E-state index contributed by atoms with van der Waals surface area (Å²) in [6.07, 6.45) is 11.0. The van der Waals surface area contributed by atoms with Crippen molar-refractivity contribution in [3.8, 4) is 0 Å². The highest BCUT2D eigenvalue weighted by molar-refractivity contribution is 7.98. The Bertz CT molecular complexity index is 138. The average molecular weight is 215 g/mol. The highest BCUT2D eigenvalue weighted by Crippen LogP contribution is 2.31. The molecular weight excluding hydrogens is 190 g/mol. The predicted molar refractivity (Wildman–Crippen MR) is 67.0 cm³/mol. The first-order valence-electron chi connectivity index (χ1n) is 6.02. The first-order chi connectivity index (χ1) is 6.88. The number of nitrogens with one attached hydrogen (secondary N) is 1. The monoisotopic (exact) mass is 215 g/mol. The topological polar surface area (TPSA) is 12.0 Å². The van der Waals surface area contributed by atoms with Gasteiger partial charge in [0.2, 0.25) is 0 Å². The van der Waals surface area contributed by atoms with Crippen LogP contribution in [-0.2, 0) is 0 Å². The minimum absolute atomic E-state index is 0.953. The molecule has 0 aromatic carbocycles. The lowest BCUT2D eigenvalue weighted by molar-refractivity contribution is 0.299. The zero-order valence-corrected chi connectivity index (χ0v) is 10.5. The molecule has 1 N–H and O–H groups in total. The minimum Gasteiger partial charge on any atom is -0.319 e. The van der Waals surface area contributed by atoms with Crippen molar-refractivity contribution in [2.24, 2.45) is 11.8 Å². The van der Waals surface area contributed by atoms with Gasteiger partial charge in [0.1, 0.15) is 0 Å². The number of hydrogen-bond donors (Lipinski definition) is 1. The van der Waals surface area contributed by atoms with Crippen LogP contribution in [0.3, 0.4) is 0 Å². The molecule has 14 heavy (non-hydrogen) atoms. The van der Waals surface area contributed by atoms with Crippen LogP contribution in [0, 0.1) is 11.8 Å². The molecule has 0 saturated heterocycles. The van der Waals surface area contributed by atoms with Crippen LogP contribution in [0.1, 0.15) is 38.5 Å². The molecule has 0 amide bonds. The van der Waals surface area contributed by atoms with Crippen LogP contribution in [0.5, 0.6) is 0 Å². The molecule has 0 heterocycles. The largest absolute Gasteiger partial charge is 0.319 e. The average Bonchev–Trinajstić information content (AvgIpc) is 2.41. The standard InChI is InChI=1S/C12H25NS/c1-13-10-12-7-5-3-4-6-11(12)8-9-14-2/h11-13H,3-10H2,1-2H3. The van der Waals surface area contributed by atoms with Gasteiger partial charge in [-0.15, -0.1) is 0 Å². The Morgan fingerprint density at radius 1 is 1.14 bits per heavy atom. The number of thioether (sulfide) groups is 1. The summed E-state index contributed by atoms with van der Waals surface area (Å²) in [6.45, 7) is 1.24. The summed E-state index contributed by atoms with van der Waals surface area (Å²) < 4.78 is 0. The van der Waals surface area contributed by atoms with Crippen molar-refractivity contribution in [3.05, 3.63) is 0 Å². The molecule has 0 radical (unpaired) electrons. The molecule has 2 heteroatoms. The third-order valence-electron chi connectivity index (χ3n) is 3.48. The Balaban J connectivity index is 2.37. The minimum atomic E-state index is 0.953. The smallest absolute Gasteiger partial charge is 0.00209 e. The Labute approximate surface area is 93.4 Å². The fourth-order valence-electron chi connectivity index (χ4n) is 2.64. The summed E-state index contributed by atoms with van der Waals surface area (Å²) in [5.41, 5.74) is 0. The van der Waals surface area contributed by atoms with Gasteiger partial charge in [-0.3, -0.25) is 0 Å². The van der Waals surface area contributed by atoms with Crippen molar-refractivity contribution < 1.29 is 0 Å². The molecule has 2 atom stereocenters. The van der Waals surface area contributed by atoms with E-state index in [1.165, 1.54) is 50.8 Å². The van der Waals surface area contributed by atoms with Crippen LogP contribution in [0.4, 0.5) is 0 Å². The molecule has 1 rings (SSSR count). The van der Waals surface area contributed by atoms with Crippen LogP contribution in [-0.4, -0.2) is 25.6 Å². The van der Waals surface area contributed by atoms with Crippen LogP contribution in [0.2, 0.25) is 0 Å². The van der Waals surface area contributed by atoms with Gasteiger partial charge in [-0.1, -0.05) is 25.7 Å². The highest BCUT2D eigenvalue weighted by Gasteiger charge is 2.22. The van der Waals surface area contributed by atoms with Gasteiger partial charge in [-0.05, 0) is 50.3 Å². The van der Waals surface area contributed by atoms with E-state index in [0.717, 1.165) is 11.8 Å². The lowest BCUT2D eigenvalue weighted by atomic mass is 9.86. The van der Waals surface area contributed by atoms with Crippen molar-refractivity contribution in [2.75, 3.05) is 25.6 Å². The van der Waals surface area contributed by atoms with Crippen LogP contribution < -0.4 is 5.32 Å². The van der Waals surface area contributed by atoms with Crippen molar-refractivity contribution in [3.63, 3.8) is 0 Å². The molecule has 1 aliphatic rings. The lowest BCUT2D eigenvalue weighted by Gasteiger charge is -2.24. The number of rotatable bonds is 5. The molecule has 1 saturated carbocycles. The molecule has 0 bridgehead atoms. The first kappa shape index (κ1) is 12.4. The van der Waals surface area contributed by atoms with Crippen molar-refractivity contribution >= 4 is 11.8 Å². The second kappa shape index (κ2) is 7.58. The van der Waals surface area contributed by atoms with Crippen molar-refractivity contribution in [2.45, 2.75) is 38.5 Å². The molecule has 84 valence electrons. The van der Waals surface area contributed by atoms with E-state index in [2.05, 4.69) is 18.6 Å². The van der Waals surface area contributed by atoms with Gasteiger partial charge >= 0.3 is 0 Å². The van der Waals surface area contributed by atoms with E-state index in [9.17, 15) is 0 Å². The summed E-state index contributed by atoms with van der Waals surface area (Å²) >= 11 is 2.00. The van der Waals surface area contributed by atoms with E-state index >= 15 is 0 Å². The third kappa shape index (κ3) is 4.22. The van der Waals surface area contributed by atoms with E-state index in [1.54, 1.807) is 0 Å². The van der Waals surface area contributed by atoms with Crippen LogP contribution in [0.15, 0.2) is 0 Å². The summed E-state index contributed by atoms with van der Waals surface area (Å²) in [5, 5.41) is 3.36. The maximum absolute atomic E-state index is 3.36. The normalized spacial score (nSPS) is 28.7. The quantitative estimate of drug-likeness (QED) is 0.707. The third-order valence-corrected chi connectivity index (χ3v) is 4.12. The maximum Gasteiger partial charge on any atom is -0.00209 e. The summed E-state index contributed by atoms with van der Waals surface area (Å²) in [7, 11) is 2.09. The SMILES string of the molecule is CNCC1CCCCCC1CCSC. The zero-order valence-electron chi connectivity index (χ0n) is 9.72. The van der Waals surface area contributed by atoms with E-state index < -0.39 is 0 Å². The van der Waals surface area contributed by atoms with Gasteiger partial charge in [0.15, 0.2) is 0 Å². The molecule has 2 unspecified atom stereocenters. The second-order valence-electron chi connectivity index (χ2n) is 4.50. The summed E-state index contributed by atoms with van der Waals surface area (Å²) in [4.78, 5) is 0. The van der Waals surface area contributed by atoms with Gasteiger partial charge in [-0.2, -0.15) is 11.8 Å². The Morgan fingerprint density at radius 3 is 2.50 bits per heavy atom. The molecule has 0 aromatic heterocycles.